The van der Waals surface area contributed by atoms with E-state index in [0.717, 1.165) is 31.3 Å². The summed E-state index contributed by atoms with van der Waals surface area (Å²) in [6, 6.07) is 1.85. The van der Waals surface area contributed by atoms with Gasteiger partial charge in [-0.15, -0.1) is 0 Å². The predicted octanol–water partition coefficient (Wildman–Crippen LogP) is 2.23. The molecule has 1 unspecified atom stereocenters. The molecule has 1 atom stereocenters. The lowest BCUT2D eigenvalue weighted by atomic mass is 10.3. The number of anilines is 1. The zero-order chi connectivity index (χ0) is 11.8. The van der Waals surface area contributed by atoms with Gasteiger partial charge in [0.25, 0.3) is 0 Å². The van der Waals surface area contributed by atoms with E-state index >= 15 is 0 Å². The Bertz CT molecular complexity index is 422. The van der Waals surface area contributed by atoms with Gasteiger partial charge >= 0.3 is 0 Å². The molecule has 5 heteroatoms. The Morgan fingerprint density at radius 1 is 1.41 bits per heavy atom. The van der Waals surface area contributed by atoms with E-state index in [-0.39, 0.29) is 6.10 Å². The summed E-state index contributed by atoms with van der Waals surface area (Å²) < 4.78 is 5.53. The minimum Gasteiger partial charge on any atom is -0.375 e. The second-order valence-electron chi connectivity index (χ2n) is 4.81. The molecule has 3 rings (SSSR count). The van der Waals surface area contributed by atoms with E-state index in [0.29, 0.717) is 11.1 Å². The fourth-order valence-electron chi connectivity index (χ4n) is 2.14. The third-order valence-corrected chi connectivity index (χ3v) is 3.40. The Morgan fingerprint density at radius 3 is 2.94 bits per heavy atom. The molecule has 0 spiro atoms. The highest BCUT2D eigenvalue weighted by Crippen LogP contribution is 2.39. The molecule has 17 heavy (non-hydrogen) atoms. The third kappa shape index (κ3) is 2.53. The average molecular weight is 254 g/mol. The molecule has 92 valence electrons. The van der Waals surface area contributed by atoms with Crippen molar-refractivity contribution in [1.29, 1.82) is 0 Å². The molecule has 1 aromatic heterocycles. The molecule has 1 aromatic rings. The molecule has 1 aliphatic carbocycles. The number of rotatable bonds is 2. The van der Waals surface area contributed by atoms with Crippen molar-refractivity contribution in [3.05, 3.63) is 17.0 Å². The number of nitrogens with zero attached hydrogens (tertiary/aromatic N) is 3. The van der Waals surface area contributed by atoms with Crippen LogP contribution in [0.25, 0.3) is 0 Å². The molecular formula is C12H16ClN3O. The maximum atomic E-state index is 6.07. The number of aromatic nitrogens is 2. The number of hydrogen-bond donors (Lipinski definition) is 0. The molecule has 2 fully saturated rings. The van der Waals surface area contributed by atoms with Crippen molar-refractivity contribution < 1.29 is 4.74 Å². The second kappa shape index (κ2) is 4.42. The van der Waals surface area contributed by atoms with Gasteiger partial charge in [-0.05, 0) is 19.8 Å². The van der Waals surface area contributed by atoms with Gasteiger partial charge < -0.3 is 9.64 Å². The van der Waals surface area contributed by atoms with E-state index in [1.165, 1.54) is 12.8 Å². The van der Waals surface area contributed by atoms with Crippen LogP contribution in [0.4, 0.5) is 5.82 Å². The molecule has 1 saturated carbocycles. The van der Waals surface area contributed by atoms with Crippen LogP contribution in [-0.4, -0.2) is 35.8 Å². The van der Waals surface area contributed by atoms with Gasteiger partial charge in [0.05, 0.1) is 12.7 Å². The molecule has 1 saturated heterocycles. The van der Waals surface area contributed by atoms with Crippen molar-refractivity contribution in [2.24, 2.45) is 0 Å². The van der Waals surface area contributed by atoms with Gasteiger partial charge in [-0.25, -0.2) is 9.97 Å². The molecular weight excluding hydrogens is 238 g/mol. The van der Waals surface area contributed by atoms with Gasteiger partial charge in [0, 0.05) is 25.1 Å². The molecule has 1 aliphatic heterocycles. The van der Waals surface area contributed by atoms with Crippen molar-refractivity contribution >= 4 is 17.4 Å². The van der Waals surface area contributed by atoms with Crippen LogP contribution in [0.3, 0.4) is 0 Å². The molecule has 0 amide bonds. The van der Waals surface area contributed by atoms with Crippen molar-refractivity contribution in [3.63, 3.8) is 0 Å². The van der Waals surface area contributed by atoms with Gasteiger partial charge in [0.2, 0.25) is 0 Å². The van der Waals surface area contributed by atoms with Gasteiger partial charge in [-0.3, -0.25) is 0 Å². The predicted molar refractivity (Wildman–Crippen MR) is 66.6 cm³/mol. The topological polar surface area (TPSA) is 38.2 Å². The summed E-state index contributed by atoms with van der Waals surface area (Å²) in [6.45, 7) is 4.58. The summed E-state index contributed by atoms with van der Waals surface area (Å²) in [7, 11) is 0. The van der Waals surface area contributed by atoms with E-state index in [1.54, 1.807) is 0 Å². The summed E-state index contributed by atoms with van der Waals surface area (Å²) in [5, 5.41) is 0.552. The Hall–Kier alpha value is -0.870. The van der Waals surface area contributed by atoms with Crippen LogP contribution in [0.15, 0.2) is 6.07 Å². The Kier molecular flexibility index (Phi) is 2.92. The highest BCUT2D eigenvalue weighted by molar-refractivity contribution is 6.29. The van der Waals surface area contributed by atoms with Crippen LogP contribution in [0.1, 0.15) is 31.5 Å². The van der Waals surface area contributed by atoms with Crippen molar-refractivity contribution in [2.75, 3.05) is 24.6 Å². The first-order chi connectivity index (χ1) is 8.22. The summed E-state index contributed by atoms with van der Waals surface area (Å²) in [5.74, 6) is 2.39. The Morgan fingerprint density at radius 2 is 2.24 bits per heavy atom. The number of halogens is 1. The van der Waals surface area contributed by atoms with E-state index < -0.39 is 0 Å². The van der Waals surface area contributed by atoms with Crippen LogP contribution in [-0.2, 0) is 4.74 Å². The van der Waals surface area contributed by atoms with Crippen molar-refractivity contribution in [2.45, 2.75) is 31.8 Å². The summed E-state index contributed by atoms with van der Waals surface area (Å²) in [4.78, 5) is 11.2. The SMILES string of the molecule is CC1CN(c2cc(Cl)nc(C3CC3)n2)CCO1. The quantitative estimate of drug-likeness (QED) is 0.758. The second-order valence-corrected chi connectivity index (χ2v) is 5.20. The molecule has 0 N–H and O–H groups in total. The monoisotopic (exact) mass is 253 g/mol. The standard InChI is InChI=1S/C12H16ClN3O/c1-8-7-16(4-5-17-8)11-6-10(13)14-12(15-11)9-2-3-9/h6,8-9H,2-5,7H2,1H3. The number of hydrogen-bond acceptors (Lipinski definition) is 4. The Labute approximate surface area is 106 Å². The van der Waals surface area contributed by atoms with Gasteiger partial charge in [0.1, 0.15) is 16.8 Å². The van der Waals surface area contributed by atoms with Gasteiger partial charge in [0.15, 0.2) is 0 Å². The molecule has 0 radical (unpaired) electrons. The maximum Gasteiger partial charge on any atom is 0.135 e. The van der Waals surface area contributed by atoms with Crippen LogP contribution < -0.4 is 4.90 Å². The van der Waals surface area contributed by atoms with Crippen LogP contribution in [0, 0.1) is 0 Å². The highest BCUT2D eigenvalue weighted by Gasteiger charge is 2.28. The summed E-state index contributed by atoms with van der Waals surface area (Å²) in [6.07, 6.45) is 2.64. The van der Waals surface area contributed by atoms with E-state index in [9.17, 15) is 0 Å². The van der Waals surface area contributed by atoms with E-state index in [4.69, 9.17) is 16.3 Å². The zero-order valence-corrected chi connectivity index (χ0v) is 10.7. The first kappa shape index (κ1) is 11.2. The third-order valence-electron chi connectivity index (χ3n) is 3.21. The maximum absolute atomic E-state index is 6.07. The van der Waals surface area contributed by atoms with Crippen molar-refractivity contribution in [1.82, 2.24) is 9.97 Å². The highest BCUT2D eigenvalue weighted by atomic mass is 35.5. The summed E-state index contributed by atoms with van der Waals surface area (Å²) in [5.41, 5.74) is 0. The molecule has 0 aromatic carbocycles. The number of morpholine rings is 1. The largest absolute Gasteiger partial charge is 0.375 e. The minimum absolute atomic E-state index is 0.252. The molecule has 4 nitrogen and oxygen atoms in total. The fourth-order valence-corrected chi connectivity index (χ4v) is 2.32. The molecule has 2 aliphatic rings. The lowest BCUT2D eigenvalue weighted by Gasteiger charge is -2.32. The lowest BCUT2D eigenvalue weighted by Crippen LogP contribution is -2.41. The van der Waals surface area contributed by atoms with Gasteiger partial charge in [-0.1, -0.05) is 11.6 Å². The van der Waals surface area contributed by atoms with E-state index in [1.807, 2.05) is 6.07 Å². The van der Waals surface area contributed by atoms with Crippen LogP contribution in [0.5, 0.6) is 0 Å². The van der Waals surface area contributed by atoms with Crippen LogP contribution >= 0.6 is 11.6 Å². The van der Waals surface area contributed by atoms with Crippen molar-refractivity contribution in [3.8, 4) is 0 Å². The van der Waals surface area contributed by atoms with Crippen LogP contribution in [0.2, 0.25) is 5.15 Å². The molecule has 0 bridgehead atoms. The fraction of sp³-hybridized carbons (Fsp3) is 0.667. The molecule has 2 heterocycles. The number of ether oxygens (including phenoxy) is 1. The minimum atomic E-state index is 0.252. The first-order valence-electron chi connectivity index (χ1n) is 6.13. The smallest absolute Gasteiger partial charge is 0.135 e. The van der Waals surface area contributed by atoms with Gasteiger partial charge in [-0.2, -0.15) is 0 Å². The normalized spacial score (nSPS) is 25.1. The zero-order valence-electron chi connectivity index (χ0n) is 9.90. The Balaban J connectivity index is 1.85. The lowest BCUT2D eigenvalue weighted by molar-refractivity contribution is 0.0529. The first-order valence-corrected chi connectivity index (χ1v) is 6.51. The average Bonchev–Trinajstić information content (AvgIpc) is 3.12. The van der Waals surface area contributed by atoms with E-state index in [2.05, 4.69) is 21.8 Å². The summed E-state index contributed by atoms with van der Waals surface area (Å²) >= 11 is 6.07.